The van der Waals surface area contributed by atoms with E-state index in [1.165, 1.54) is 5.56 Å². The van der Waals surface area contributed by atoms with Crippen molar-refractivity contribution < 1.29 is 19.2 Å². The highest BCUT2D eigenvalue weighted by Gasteiger charge is 2.13. The summed E-state index contributed by atoms with van der Waals surface area (Å²) in [6.45, 7) is 7.07. The zero-order valence-corrected chi connectivity index (χ0v) is 25.0. The van der Waals surface area contributed by atoms with Crippen molar-refractivity contribution >= 4 is 12.0 Å². The summed E-state index contributed by atoms with van der Waals surface area (Å²) in [5.74, 6) is -0.497. The van der Waals surface area contributed by atoms with Gasteiger partial charge in [-0.25, -0.2) is 9.59 Å². The fourth-order valence-electron chi connectivity index (χ4n) is 4.92. The number of aromatic nitrogens is 2. The molecule has 4 aromatic rings. The average Bonchev–Trinajstić information content (AvgIpc) is 3.32. The summed E-state index contributed by atoms with van der Waals surface area (Å²) >= 11 is 0. The lowest BCUT2D eigenvalue weighted by Gasteiger charge is -2.19. The predicted octanol–water partition coefficient (Wildman–Crippen LogP) is 6.90. The lowest BCUT2D eigenvalue weighted by atomic mass is 9.87. The van der Waals surface area contributed by atoms with Gasteiger partial charge < -0.3 is 14.4 Å². The van der Waals surface area contributed by atoms with E-state index >= 15 is 0 Å². The van der Waals surface area contributed by atoms with Crippen LogP contribution in [0.25, 0.3) is 11.8 Å². The van der Waals surface area contributed by atoms with Crippen LogP contribution < -0.4 is 16.2 Å². The molecule has 1 atom stereocenters. The van der Waals surface area contributed by atoms with Gasteiger partial charge in [0.05, 0.1) is 5.69 Å². The lowest BCUT2D eigenvalue weighted by molar-refractivity contribution is -0.137. The molecule has 3 aromatic carbocycles. The molecular weight excluding hydrogens is 544 g/mol. The number of aryl methyl sites for hydroxylation is 1. The van der Waals surface area contributed by atoms with E-state index in [-0.39, 0.29) is 17.8 Å². The van der Waals surface area contributed by atoms with Crippen LogP contribution in [0.4, 0.5) is 0 Å². The van der Waals surface area contributed by atoms with Gasteiger partial charge in [0.1, 0.15) is 12.4 Å². The highest BCUT2D eigenvalue weighted by molar-refractivity contribution is 5.66. The van der Waals surface area contributed by atoms with Gasteiger partial charge in [-0.1, -0.05) is 93.9 Å². The van der Waals surface area contributed by atoms with Crippen LogP contribution in [0, 0.1) is 5.92 Å². The first-order valence-corrected chi connectivity index (χ1v) is 14.7. The van der Waals surface area contributed by atoms with E-state index in [0.717, 1.165) is 52.7 Å². The first-order valence-electron chi connectivity index (χ1n) is 14.7. The molecule has 1 heterocycles. The van der Waals surface area contributed by atoms with E-state index < -0.39 is 17.4 Å². The number of hydrogen-bond acceptors (Lipinski definition) is 5. The van der Waals surface area contributed by atoms with Gasteiger partial charge in [0.25, 0.3) is 0 Å². The molecule has 0 spiro atoms. The maximum atomic E-state index is 11.8. The zero-order chi connectivity index (χ0) is 30.8. The number of ether oxygens (including phenoxy) is 1. The third-order valence-electron chi connectivity index (χ3n) is 7.51. The lowest BCUT2D eigenvalue weighted by Crippen LogP contribution is -2.23. The van der Waals surface area contributed by atoms with Crippen LogP contribution >= 0.6 is 0 Å². The maximum absolute atomic E-state index is 11.8. The number of nitrogens with one attached hydrogen (secondary N) is 1. The number of allylic oxidation sites excluding steroid dienone is 1. The van der Waals surface area contributed by atoms with Crippen molar-refractivity contribution in [1.82, 2.24) is 9.72 Å². The van der Waals surface area contributed by atoms with Crippen molar-refractivity contribution in [2.45, 2.75) is 71.3 Å². The van der Waals surface area contributed by atoms with E-state index in [9.17, 15) is 14.4 Å². The molecular formula is C35H40N2O6. The van der Waals surface area contributed by atoms with Crippen molar-refractivity contribution in [3.05, 3.63) is 122 Å². The van der Waals surface area contributed by atoms with Gasteiger partial charge in [0, 0.05) is 12.0 Å². The van der Waals surface area contributed by atoms with Gasteiger partial charge in [0.2, 0.25) is 0 Å². The summed E-state index contributed by atoms with van der Waals surface area (Å²) in [6, 6.07) is 23.8. The summed E-state index contributed by atoms with van der Waals surface area (Å²) in [5, 5.41) is 11.1. The maximum Gasteiger partial charge on any atom is 0.447 e. The Kier molecular flexibility index (Phi) is 10.6. The Morgan fingerprint density at radius 1 is 0.953 bits per heavy atom. The minimum atomic E-state index is -0.776. The largest absolute Gasteiger partial charge is 0.488 e. The summed E-state index contributed by atoms with van der Waals surface area (Å²) in [5.41, 5.74) is 4.38. The van der Waals surface area contributed by atoms with E-state index in [0.29, 0.717) is 18.7 Å². The number of rotatable bonds is 14. The van der Waals surface area contributed by atoms with Crippen molar-refractivity contribution in [2.24, 2.45) is 5.92 Å². The number of H-pyrrole nitrogens is 1. The van der Waals surface area contributed by atoms with Crippen molar-refractivity contribution in [2.75, 3.05) is 0 Å². The van der Waals surface area contributed by atoms with Crippen LogP contribution in [0.2, 0.25) is 0 Å². The second-order valence-corrected chi connectivity index (χ2v) is 11.8. The molecule has 0 amide bonds. The number of nitrogens with zero attached hydrogens (tertiary/aromatic N) is 1. The highest BCUT2D eigenvalue weighted by atomic mass is 16.5. The van der Waals surface area contributed by atoms with Crippen LogP contribution in [-0.2, 0) is 23.2 Å². The molecule has 8 heteroatoms. The fraction of sp³-hybridized carbons (Fsp3) is 0.343. The molecule has 0 aliphatic heterocycles. The van der Waals surface area contributed by atoms with Crippen LogP contribution in [0.5, 0.6) is 5.75 Å². The summed E-state index contributed by atoms with van der Waals surface area (Å²) in [7, 11) is 0. The topological polar surface area (TPSA) is 115 Å². The van der Waals surface area contributed by atoms with Crippen molar-refractivity contribution in [3.63, 3.8) is 0 Å². The smallest absolute Gasteiger partial charge is 0.447 e. The summed E-state index contributed by atoms with van der Waals surface area (Å²) < 4.78 is 11.7. The monoisotopic (exact) mass is 584 g/mol. The van der Waals surface area contributed by atoms with Gasteiger partial charge in [0.15, 0.2) is 0 Å². The minimum Gasteiger partial charge on any atom is -0.488 e. The Morgan fingerprint density at radius 2 is 1.65 bits per heavy atom. The minimum absolute atomic E-state index is 0.103. The highest BCUT2D eigenvalue weighted by Crippen LogP contribution is 2.26. The Bertz CT molecular complexity index is 1590. The fourth-order valence-corrected chi connectivity index (χ4v) is 4.92. The number of hydrogen-bond donors (Lipinski definition) is 2. The molecule has 2 N–H and O–H groups in total. The van der Waals surface area contributed by atoms with Gasteiger partial charge in [-0.15, -0.1) is 0 Å². The number of benzene rings is 3. The molecule has 8 nitrogen and oxygen atoms in total. The van der Waals surface area contributed by atoms with Crippen LogP contribution in [-0.4, -0.2) is 20.8 Å². The second-order valence-electron chi connectivity index (χ2n) is 11.8. The van der Waals surface area contributed by atoms with Crippen molar-refractivity contribution in [3.8, 4) is 11.4 Å². The number of para-hydroxylation sites is 1. The summed E-state index contributed by atoms with van der Waals surface area (Å²) in [4.78, 5) is 34.6. The second kappa shape index (κ2) is 14.5. The number of carboxylic acids is 1. The summed E-state index contributed by atoms with van der Waals surface area (Å²) in [6.07, 6.45) is 8.42. The third-order valence-corrected chi connectivity index (χ3v) is 7.51. The molecule has 0 fully saturated rings. The molecule has 0 aliphatic rings. The molecule has 0 saturated carbocycles. The number of carbonyl (C=O) groups is 1. The van der Waals surface area contributed by atoms with Gasteiger partial charge in [-0.05, 0) is 71.9 Å². The molecule has 43 heavy (non-hydrogen) atoms. The van der Waals surface area contributed by atoms with Crippen LogP contribution in [0.3, 0.4) is 0 Å². The average molecular weight is 585 g/mol. The number of carboxylic acid groups (broad SMARTS) is 1. The molecule has 0 aliphatic carbocycles. The first-order chi connectivity index (χ1) is 20.6. The van der Waals surface area contributed by atoms with Gasteiger partial charge in [-0.2, -0.15) is 9.72 Å². The standard InChI is InChI=1S/C35H40N2O6/c1-35(2,3)29-20-15-27(16-21-29)24-42-31-10-6-5-9-28(31)19-14-25(8-4-7-11-32(38)39)12-13-26-17-22-30(23-18-26)37-33(40)36-43-34(37)41/h5-6,9-10,14-23,25H,4,7-8,11-13,24H2,1-3H3,(H,36,40)(H,38,39). The normalized spacial score (nSPS) is 12.4. The van der Waals surface area contributed by atoms with Crippen LogP contribution in [0.15, 0.2) is 93.0 Å². The van der Waals surface area contributed by atoms with E-state index in [1.807, 2.05) is 41.6 Å². The SMILES string of the molecule is CC(C)(C)c1ccc(COc2ccccc2C=CC(CCCCC(=O)O)CCc2ccc(-n3c(=O)[nH]oc3=O)cc2)cc1. The van der Waals surface area contributed by atoms with Gasteiger partial charge >= 0.3 is 17.4 Å². The van der Waals surface area contributed by atoms with E-state index in [4.69, 9.17) is 9.84 Å². The Hall–Kier alpha value is -4.59. The molecule has 0 bridgehead atoms. The van der Waals surface area contributed by atoms with Crippen LogP contribution in [0.1, 0.15) is 75.1 Å². The molecule has 1 unspecified atom stereocenters. The number of unbranched alkanes of at least 4 members (excludes halogenated alkanes) is 1. The quantitative estimate of drug-likeness (QED) is 0.156. The Labute approximate surface area is 251 Å². The molecule has 1 aromatic heterocycles. The van der Waals surface area contributed by atoms with Gasteiger partial charge in [-0.3, -0.25) is 4.79 Å². The predicted molar refractivity (Wildman–Crippen MR) is 168 cm³/mol. The molecule has 0 radical (unpaired) electrons. The number of aliphatic carboxylic acids is 1. The number of aromatic amines is 1. The molecule has 226 valence electrons. The van der Waals surface area contributed by atoms with E-state index in [2.05, 4.69) is 61.7 Å². The Balaban J connectivity index is 1.42. The van der Waals surface area contributed by atoms with E-state index in [1.54, 1.807) is 12.1 Å². The van der Waals surface area contributed by atoms with Crippen molar-refractivity contribution in [1.29, 1.82) is 0 Å². The Morgan fingerprint density at radius 3 is 2.30 bits per heavy atom. The molecule has 0 saturated heterocycles. The zero-order valence-electron chi connectivity index (χ0n) is 25.0. The third kappa shape index (κ3) is 9.20. The molecule has 4 rings (SSSR count). The first kappa shape index (κ1) is 31.3.